The van der Waals surface area contributed by atoms with E-state index in [1.54, 1.807) is 17.3 Å². The van der Waals surface area contributed by atoms with E-state index in [2.05, 4.69) is 10.3 Å². The molecule has 0 saturated heterocycles. The number of nitrogens with zero attached hydrogens (tertiary/aromatic N) is 2. The molecule has 6 nitrogen and oxygen atoms in total. The Morgan fingerprint density at radius 2 is 2.15 bits per heavy atom. The first-order valence-corrected chi connectivity index (χ1v) is 9.20. The number of hydrogen-bond donors (Lipinski definition) is 2. The van der Waals surface area contributed by atoms with E-state index in [4.69, 9.17) is 9.52 Å². The molecule has 0 saturated carbocycles. The third-order valence-corrected chi connectivity index (χ3v) is 4.59. The number of aliphatic hydroxyl groups excluding tert-OH is 1. The van der Waals surface area contributed by atoms with Gasteiger partial charge in [-0.15, -0.1) is 0 Å². The fourth-order valence-electron chi connectivity index (χ4n) is 3.15. The Morgan fingerprint density at radius 3 is 2.85 bits per heavy atom. The summed E-state index contributed by atoms with van der Waals surface area (Å²) in [4.78, 5) is 18.7. The minimum absolute atomic E-state index is 0.0314. The van der Waals surface area contributed by atoms with E-state index in [0.29, 0.717) is 30.8 Å². The number of para-hydroxylation sites is 1. The third-order valence-electron chi connectivity index (χ3n) is 4.59. The number of carbonyl (C=O) groups excluding carboxylic acids is 1. The molecule has 0 unspecified atom stereocenters. The third kappa shape index (κ3) is 4.28. The molecule has 1 aromatic carbocycles. The summed E-state index contributed by atoms with van der Waals surface area (Å²) in [7, 11) is 0. The molecular formula is C21H25N3O3. The number of fused-ring (bicyclic) bond motifs is 1. The van der Waals surface area contributed by atoms with Gasteiger partial charge in [0.25, 0.3) is 0 Å². The fourth-order valence-corrected chi connectivity index (χ4v) is 3.15. The molecule has 0 fully saturated rings. The van der Waals surface area contributed by atoms with Gasteiger partial charge in [0.15, 0.2) is 5.58 Å². The monoisotopic (exact) mass is 367 g/mol. The highest BCUT2D eigenvalue weighted by Crippen LogP contribution is 2.31. The molecule has 3 aromatic rings. The van der Waals surface area contributed by atoms with Crippen LogP contribution in [0, 0.1) is 6.92 Å². The predicted molar refractivity (Wildman–Crippen MR) is 106 cm³/mol. The van der Waals surface area contributed by atoms with Gasteiger partial charge in [0.2, 0.25) is 0 Å². The van der Waals surface area contributed by atoms with E-state index in [1.807, 2.05) is 44.2 Å². The molecule has 142 valence electrons. The molecule has 0 atom stereocenters. The van der Waals surface area contributed by atoms with Crippen LogP contribution in [0.4, 0.5) is 10.5 Å². The summed E-state index contributed by atoms with van der Waals surface area (Å²) in [6.07, 6.45) is 4.76. The molecule has 2 amide bonds. The first-order valence-electron chi connectivity index (χ1n) is 9.20. The smallest absolute Gasteiger partial charge is 0.322 e. The number of furan rings is 1. The van der Waals surface area contributed by atoms with Gasteiger partial charge in [-0.3, -0.25) is 4.98 Å². The zero-order chi connectivity index (χ0) is 19.2. The van der Waals surface area contributed by atoms with Crippen molar-refractivity contribution in [1.82, 2.24) is 9.88 Å². The molecule has 2 heterocycles. The lowest BCUT2D eigenvalue weighted by molar-refractivity contribution is 0.199. The molecule has 0 radical (unpaired) electrons. The zero-order valence-electron chi connectivity index (χ0n) is 15.7. The summed E-state index contributed by atoms with van der Waals surface area (Å²) in [5, 5.41) is 13.2. The highest BCUT2D eigenvalue weighted by Gasteiger charge is 2.18. The number of rotatable bonds is 7. The second-order valence-corrected chi connectivity index (χ2v) is 6.48. The number of aliphatic hydroxyl groups is 1. The second kappa shape index (κ2) is 8.68. The van der Waals surface area contributed by atoms with Crippen LogP contribution in [0.15, 0.2) is 47.1 Å². The molecule has 27 heavy (non-hydrogen) atoms. The number of benzene rings is 1. The lowest BCUT2D eigenvalue weighted by atomic mass is 10.1. The van der Waals surface area contributed by atoms with E-state index in [1.165, 1.54) is 0 Å². The summed E-state index contributed by atoms with van der Waals surface area (Å²) >= 11 is 0. The number of aryl methyl sites for hydroxylation is 2. The summed E-state index contributed by atoms with van der Waals surface area (Å²) in [5.74, 6) is 0.930. The normalized spacial score (nSPS) is 10.9. The maximum atomic E-state index is 12.9. The average molecular weight is 367 g/mol. The van der Waals surface area contributed by atoms with Crippen molar-refractivity contribution in [1.29, 1.82) is 0 Å². The van der Waals surface area contributed by atoms with E-state index in [-0.39, 0.29) is 12.6 Å². The molecule has 0 aliphatic heterocycles. The van der Waals surface area contributed by atoms with Gasteiger partial charge in [-0.2, -0.15) is 0 Å². The minimum atomic E-state index is -0.230. The number of carbonyl (C=O) groups is 1. The van der Waals surface area contributed by atoms with Crippen LogP contribution in [0.5, 0.6) is 0 Å². The van der Waals surface area contributed by atoms with Crippen molar-refractivity contribution in [2.45, 2.75) is 33.2 Å². The van der Waals surface area contributed by atoms with Crippen molar-refractivity contribution in [2.75, 3.05) is 18.5 Å². The predicted octanol–water partition coefficient (Wildman–Crippen LogP) is 4.12. The number of nitrogens with one attached hydrogen (secondary N) is 1. The quantitative estimate of drug-likeness (QED) is 0.658. The molecular weight excluding hydrogens is 342 g/mol. The standard InChI is InChI=1S/C21H25N3O3/c1-3-19-15(2)17-8-4-9-18(20(17)27-19)23-21(26)24(11-6-12-25)14-16-7-5-10-22-13-16/h4-5,7-10,13,25H,3,6,11-12,14H2,1-2H3,(H,23,26). The lowest BCUT2D eigenvalue weighted by Gasteiger charge is -2.23. The highest BCUT2D eigenvalue weighted by molar-refractivity contribution is 6.00. The average Bonchev–Trinajstić information content (AvgIpc) is 3.03. The fraction of sp³-hybridized carbons (Fsp3) is 0.333. The van der Waals surface area contributed by atoms with Crippen molar-refractivity contribution < 1.29 is 14.3 Å². The van der Waals surface area contributed by atoms with E-state index >= 15 is 0 Å². The van der Waals surface area contributed by atoms with Crippen LogP contribution >= 0.6 is 0 Å². The highest BCUT2D eigenvalue weighted by atomic mass is 16.3. The van der Waals surface area contributed by atoms with Crippen molar-refractivity contribution in [3.05, 3.63) is 59.6 Å². The van der Waals surface area contributed by atoms with Crippen LogP contribution < -0.4 is 5.32 Å². The van der Waals surface area contributed by atoms with E-state index < -0.39 is 0 Å². The number of hydrogen-bond acceptors (Lipinski definition) is 4. The first-order chi connectivity index (χ1) is 13.1. The Hall–Kier alpha value is -2.86. The van der Waals surface area contributed by atoms with Gasteiger partial charge in [-0.25, -0.2) is 4.79 Å². The number of pyridine rings is 1. The first kappa shape index (κ1) is 18.9. The summed E-state index contributed by atoms with van der Waals surface area (Å²) in [6, 6.07) is 9.30. The molecule has 0 bridgehead atoms. The Morgan fingerprint density at radius 1 is 1.30 bits per heavy atom. The lowest BCUT2D eigenvalue weighted by Crippen LogP contribution is -2.35. The Labute approximate surface area is 158 Å². The minimum Gasteiger partial charge on any atom is -0.459 e. The number of amides is 2. The largest absolute Gasteiger partial charge is 0.459 e. The molecule has 0 aliphatic carbocycles. The van der Waals surface area contributed by atoms with E-state index in [9.17, 15) is 4.79 Å². The molecule has 0 aliphatic rings. The van der Waals surface area contributed by atoms with Crippen LogP contribution in [-0.2, 0) is 13.0 Å². The Bertz CT molecular complexity index is 906. The van der Waals surface area contributed by atoms with Gasteiger partial charge in [-0.1, -0.05) is 25.1 Å². The number of aromatic nitrogens is 1. The van der Waals surface area contributed by atoms with Crippen molar-refractivity contribution >= 4 is 22.7 Å². The van der Waals surface area contributed by atoms with Crippen LogP contribution in [0.25, 0.3) is 11.0 Å². The van der Waals surface area contributed by atoms with Gasteiger partial charge in [0.05, 0.1) is 5.69 Å². The Kier molecular flexibility index (Phi) is 6.08. The number of urea groups is 1. The van der Waals surface area contributed by atoms with Gasteiger partial charge >= 0.3 is 6.03 Å². The Balaban J connectivity index is 1.83. The van der Waals surface area contributed by atoms with Crippen LogP contribution in [0.1, 0.15) is 30.2 Å². The van der Waals surface area contributed by atoms with Gasteiger partial charge in [0.1, 0.15) is 5.76 Å². The SMILES string of the molecule is CCc1oc2c(NC(=O)N(CCCO)Cc3cccnc3)cccc2c1C. The summed E-state index contributed by atoms with van der Waals surface area (Å²) < 4.78 is 5.98. The number of anilines is 1. The molecule has 0 spiro atoms. The topological polar surface area (TPSA) is 78.6 Å². The second-order valence-electron chi connectivity index (χ2n) is 6.48. The molecule has 2 aromatic heterocycles. The van der Waals surface area contributed by atoms with Crippen molar-refractivity contribution in [3.8, 4) is 0 Å². The van der Waals surface area contributed by atoms with Crippen LogP contribution in [0.3, 0.4) is 0 Å². The molecule has 2 N–H and O–H groups in total. The maximum absolute atomic E-state index is 12.9. The molecule has 6 heteroatoms. The van der Waals surface area contributed by atoms with Gasteiger partial charge < -0.3 is 19.7 Å². The van der Waals surface area contributed by atoms with Gasteiger partial charge in [-0.05, 0) is 36.6 Å². The van der Waals surface area contributed by atoms with Crippen molar-refractivity contribution in [3.63, 3.8) is 0 Å². The van der Waals surface area contributed by atoms with Crippen molar-refractivity contribution in [2.24, 2.45) is 0 Å². The van der Waals surface area contributed by atoms with Crippen LogP contribution in [0.2, 0.25) is 0 Å². The maximum Gasteiger partial charge on any atom is 0.322 e. The summed E-state index contributed by atoms with van der Waals surface area (Å²) in [6.45, 7) is 4.99. The summed E-state index contributed by atoms with van der Waals surface area (Å²) in [5.41, 5.74) is 3.39. The zero-order valence-corrected chi connectivity index (χ0v) is 15.7. The molecule has 3 rings (SSSR count). The van der Waals surface area contributed by atoms with Gasteiger partial charge in [0, 0.05) is 43.9 Å². The van der Waals surface area contributed by atoms with Crippen LogP contribution in [-0.4, -0.2) is 34.2 Å². The van der Waals surface area contributed by atoms with E-state index in [0.717, 1.165) is 28.7 Å².